The van der Waals surface area contributed by atoms with Crippen LogP contribution in [-0.4, -0.2) is 73.4 Å². The van der Waals surface area contributed by atoms with Gasteiger partial charge >= 0.3 is 7.82 Å². The van der Waals surface area contributed by atoms with Crippen molar-refractivity contribution in [2.45, 2.75) is 251 Å². The van der Waals surface area contributed by atoms with Crippen molar-refractivity contribution in [3.8, 4) is 0 Å². The summed E-state index contributed by atoms with van der Waals surface area (Å²) in [5, 5.41) is 13.9. The topological polar surface area (TPSA) is 105 Å². The van der Waals surface area contributed by atoms with Crippen LogP contribution in [0.1, 0.15) is 239 Å². The minimum atomic E-state index is -4.37. The van der Waals surface area contributed by atoms with Crippen molar-refractivity contribution in [1.29, 1.82) is 0 Å². The van der Waals surface area contributed by atoms with Crippen LogP contribution < -0.4 is 5.32 Å². The third kappa shape index (κ3) is 56.7. The molecule has 0 bridgehead atoms. The molecule has 9 heteroatoms. The summed E-state index contributed by atoms with van der Waals surface area (Å²) < 4.78 is 23.7. The first-order valence-corrected chi connectivity index (χ1v) is 31.3. The molecular weight excluding hydrogens is 924 g/mol. The Morgan fingerprint density at radius 2 is 0.836 bits per heavy atom. The molecule has 8 nitrogen and oxygen atoms in total. The number of aliphatic hydroxyl groups excluding tert-OH is 1. The van der Waals surface area contributed by atoms with E-state index in [0.717, 1.165) is 103 Å². The molecule has 0 aliphatic carbocycles. The molecule has 1 amide bonds. The molecule has 0 saturated heterocycles. The van der Waals surface area contributed by atoms with Gasteiger partial charge in [-0.3, -0.25) is 13.8 Å². The number of phosphoric ester groups is 1. The molecule has 0 rings (SSSR count). The minimum Gasteiger partial charge on any atom is -0.387 e. The van der Waals surface area contributed by atoms with Gasteiger partial charge in [0, 0.05) is 6.42 Å². The summed E-state index contributed by atoms with van der Waals surface area (Å²) in [6, 6.07) is -0.887. The van der Waals surface area contributed by atoms with Crippen LogP contribution in [0, 0.1) is 0 Å². The molecule has 0 aromatic rings. The van der Waals surface area contributed by atoms with Crippen LogP contribution in [0.4, 0.5) is 0 Å². The highest BCUT2D eigenvalue weighted by molar-refractivity contribution is 7.47. The molecule has 0 radical (unpaired) electrons. The second kappa shape index (κ2) is 54.0. The molecule has 420 valence electrons. The fourth-order valence-corrected chi connectivity index (χ4v) is 8.81. The monoisotopic (exact) mass is 1040 g/mol. The number of likely N-dealkylation sites (N-methyl/N-ethyl adjacent to an activating group) is 1. The first-order chi connectivity index (χ1) is 35.5. The molecule has 0 aromatic carbocycles. The van der Waals surface area contributed by atoms with Crippen molar-refractivity contribution in [1.82, 2.24) is 5.32 Å². The molecule has 3 N–H and O–H groups in total. The molecule has 0 fully saturated rings. The number of nitrogens with zero attached hydrogens (tertiary/aromatic N) is 1. The summed E-state index contributed by atoms with van der Waals surface area (Å²) in [7, 11) is 1.52. The van der Waals surface area contributed by atoms with Gasteiger partial charge in [0.15, 0.2) is 0 Å². The standard InChI is InChI=1S/C64H113N2O6P/c1-6-8-10-12-14-16-18-20-22-24-26-28-30-32-34-35-37-39-41-43-45-47-49-51-53-55-57-63(67)62(61-72-73(69,70)71-60-59-66(3,4)5)65-64(68)58-56-54-52-50-48-46-44-42-40-38-36-33-31-29-27-25-23-21-19-17-15-13-11-9-7-2/h9,11,15,17,21,23,27,29,33,36,39-42,47,49,55,57,62-63,67H,6-8,10,12-14,16,18-20,22,24-26,28,30-32,34-35,37-38,43-46,48,50-54,56,58-61H2,1-5H3,(H-,65,68,69,70)/p+1/b11-9-,17-15-,23-21-,29-27-,36-33-,41-39+,42-40-,49-47+,57-55+. The summed E-state index contributed by atoms with van der Waals surface area (Å²) in [6.45, 7) is 4.66. The van der Waals surface area contributed by atoms with Gasteiger partial charge in [0.1, 0.15) is 13.2 Å². The number of allylic oxidation sites excluding steroid dienone is 17. The van der Waals surface area contributed by atoms with Gasteiger partial charge in [-0.25, -0.2) is 4.57 Å². The maximum absolute atomic E-state index is 13.0. The van der Waals surface area contributed by atoms with Crippen LogP contribution in [0.25, 0.3) is 0 Å². The van der Waals surface area contributed by atoms with E-state index in [2.05, 4.69) is 116 Å². The van der Waals surface area contributed by atoms with Gasteiger partial charge in [-0.05, 0) is 96.3 Å². The number of hydrogen-bond donors (Lipinski definition) is 3. The van der Waals surface area contributed by atoms with Gasteiger partial charge in [-0.1, -0.05) is 245 Å². The summed E-state index contributed by atoms with van der Waals surface area (Å²) in [5.41, 5.74) is 0. The van der Waals surface area contributed by atoms with Gasteiger partial charge < -0.3 is 19.8 Å². The highest BCUT2D eigenvalue weighted by Gasteiger charge is 2.27. The van der Waals surface area contributed by atoms with Crippen molar-refractivity contribution in [3.05, 3.63) is 109 Å². The third-order valence-corrected chi connectivity index (χ3v) is 13.7. The Morgan fingerprint density at radius 1 is 0.479 bits per heavy atom. The van der Waals surface area contributed by atoms with E-state index < -0.39 is 20.0 Å². The normalized spacial score (nSPS) is 14.7. The maximum Gasteiger partial charge on any atom is 0.472 e. The maximum atomic E-state index is 13.0. The lowest BCUT2D eigenvalue weighted by Gasteiger charge is -2.25. The van der Waals surface area contributed by atoms with E-state index in [0.29, 0.717) is 17.4 Å². The van der Waals surface area contributed by atoms with E-state index in [9.17, 15) is 19.4 Å². The number of phosphoric acid groups is 1. The van der Waals surface area contributed by atoms with E-state index in [1.54, 1.807) is 6.08 Å². The Hall–Kier alpha value is -2.84. The van der Waals surface area contributed by atoms with E-state index >= 15 is 0 Å². The molecule has 3 unspecified atom stereocenters. The number of nitrogens with one attached hydrogen (secondary N) is 1. The van der Waals surface area contributed by atoms with Crippen LogP contribution in [-0.2, 0) is 18.4 Å². The summed E-state index contributed by atoms with van der Waals surface area (Å²) in [5.74, 6) is -0.209. The fraction of sp³-hybridized carbons (Fsp3) is 0.703. The van der Waals surface area contributed by atoms with Crippen LogP contribution in [0.2, 0.25) is 0 Å². The Labute approximate surface area is 451 Å². The second-order valence-corrected chi connectivity index (χ2v) is 22.4. The zero-order chi connectivity index (χ0) is 53.5. The first kappa shape index (κ1) is 70.2. The average Bonchev–Trinajstić information content (AvgIpc) is 3.35. The van der Waals surface area contributed by atoms with Crippen LogP contribution in [0.5, 0.6) is 0 Å². The highest BCUT2D eigenvalue weighted by atomic mass is 31.2. The number of aliphatic hydroxyl groups is 1. The number of quaternary nitrogens is 1. The van der Waals surface area contributed by atoms with Gasteiger partial charge in [-0.2, -0.15) is 0 Å². The molecular formula is C64H114N2O6P+. The lowest BCUT2D eigenvalue weighted by molar-refractivity contribution is -0.870. The van der Waals surface area contributed by atoms with E-state index in [-0.39, 0.29) is 19.1 Å². The van der Waals surface area contributed by atoms with E-state index in [4.69, 9.17) is 9.05 Å². The molecule has 0 heterocycles. The lowest BCUT2D eigenvalue weighted by Crippen LogP contribution is -2.45. The largest absolute Gasteiger partial charge is 0.472 e. The van der Waals surface area contributed by atoms with E-state index in [1.165, 1.54) is 116 Å². The average molecular weight is 1040 g/mol. The molecule has 0 aliphatic rings. The molecule has 0 saturated carbocycles. The quantitative estimate of drug-likeness (QED) is 0.0243. The second-order valence-electron chi connectivity index (χ2n) is 21.0. The Bertz CT molecular complexity index is 1550. The molecule has 0 aliphatic heterocycles. The number of hydrogen-bond acceptors (Lipinski definition) is 5. The van der Waals surface area contributed by atoms with Gasteiger partial charge in [0.25, 0.3) is 0 Å². The predicted octanol–water partition coefficient (Wildman–Crippen LogP) is 18.4. The SMILES string of the molecule is CC/C=C\C/C=C\C/C=C\C/C=C\C/C=C\C/C=C\CCCCCCCCC(=O)NC(COP(=O)(O)OCC[N+](C)(C)C)C(O)/C=C/CC/C=C/CC/C=C/CCCCCCCCCCCCCCCCCC. The molecule has 0 spiro atoms. The number of amides is 1. The minimum absolute atomic E-state index is 0.0443. The van der Waals surface area contributed by atoms with Crippen LogP contribution >= 0.6 is 7.82 Å². The van der Waals surface area contributed by atoms with Crippen molar-refractivity contribution in [3.63, 3.8) is 0 Å². The number of carbonyl (C=O) groups is 1. The number of carbonyl (C=O) groups excluding carboxylic acids is 1. The zero-order valence-corrected chi connectivity index (χ0v) is 48.7. The van der Waals surface area contributed by atoms with Crippen molar-refractivity contribution >= 4 is 13.7 Å². The third-order valence-electron chi connectivity index (χ3n) is 12.7. The van der Waals surface area contributed by atoms with Crippen molar-refractivity contribution < 1.29 is 32.9 Å². The van der Waals surface area contributed by atoms with Gasteiger partial charge in [0.2, 0.25) is 5.91 Å². The highest BCUT2D eigenvalue weighted by Crippen LogP contribution is 2.43. The Morgan fingerprint density at radius 3 is 1.26 bits per heavy atom. The number of unbranched alkanes of at least 4 members (excludes halogenated alkanes) is 24. The van der Waals surface area contributed by atoms with Crippen LogP contribution in [0.15, 0.2) is 109 Å². The smallest absolute Gasteiger partial charge is 0.387 e. The Kier molecular flexibility index (Phi) is 51.9. The number of rotatable bonds is 53. The zero-order valence-electron chi connectivity index (χ0n) is 47.8. The van der Waals surface area contributed by atoms with Gasteiger partial charge in [-0.15, -0.1) is 0 Å². The summed E-state index contributed by atoms with van der Waals surface area (Å²) >= 11 is 0. The first-order valence-electron chi connectivity index (χ1n) is 29.8. The van der Waals surface area contributed by atoms with Crippen molar-refractivity contribution in [2.75, 3.05) is 40.9 Å². The summed E-state index contributed by atoms with van der Waals surface area (Å²) in [6.07, 6.45) is 79.1. The molecule has 0 aromatic heterocycles. The molecule has 73 heavy (non-hydrogen) atoms. The van der Waals surface area contributed by atoms with Gasteiger partial charge in [0.05, 0.1) is 39.9 Å². The van der Waals surface area contributed by atoms with Crippen molar-refractivity contribution in [2.24, 2.45) is 0 Å². The van der Waals surface area contributed by atoms with Crippen LogP contribution in [0.3, 0.4) is 0 Å². The predicted molar refractivity (Wildman–Crippen MR) is 318 cm³/mol. The fourth-order valence-electron chi connectivity index (χ4n) is 8.08. The summed E-state index contributed by atoms with van der Waals surface area (Å²) in [4.78, 5) is 23.3. The Balaban J connectivity index is 4.34. The molecule has 3 atom stereocenters. The lowest BCUT2D eigenvalue weighted by atomic mass is 10.0. The van der Waals surface area contributed by atoms with E-state index in [1.807, 2.05) is 27.2 Å².